The highest BCUT2D eigenvalue weighted by Gasteiger charge is 2.30. The second-order valence-corrected chi connectivity index (χ2v) is 5.31. The molecule has 18 heavy (non-hydrogen) atoms. The zero-order valence-corrected chi connectivity index (χ0v) is 10.9. The standard InChI is InChI=1S/C11H15N3O3S/c1-12-7-8-3-2-6-13(8)11(15)9-4-5-10(18-9)14(16)17/h4-5,8,12H,2-3,6-7H2,1H3. The van der Waals surface area contributed by atoms with Gasteiger partial charge >= 0.3 is 5.00 Å². The third-order valence-electron chi connectivity index (χ3n) is 3.06. The largest absolute Gasteiger partial charge is 0.334 e. The lowest BCUT2D eigenvalue weighted by molar-refractivity contribution is -0.380. The van der Waals surface area contributed by atoms with Gasteiger partial charge in [0.2, 0.25) is 0 Å². The third kappa shape index (κ3) is 2.51. The molecule has 1 atom stereocenters. The summed E-state index contributed by atoms with van der Waals surface area (Å²) in [6.07, 6.45) is 1.98. The fourth-order valence-electron chi connectivity index (χ4n) is 2.23. The van der Waals surface area contributed by atoms with E-state index in [4.69, 9.17) is 0 Å². The van der Waals surface area contributed by atoms with Gasteiger partial charge < -0.3 is 10.2 Å². The molecule has 98 valence electrons. The van der Waals surface area contributed by atoms with Gasteiger partial charge in [0.05, 0.1) is 9.80 Å². The highest BCUT2D eigenvalue weighted by Crippen LogP contribution is 2.27. The minimum Gasteiger partial charge on any atom is -0.334 e. The molecule has 2 rings (SSSR count). The van der Waals surface area contributed by atoms with E-state index < -0.39 is 4.92 Å². The van der Waals surface area contributed by atoms with E-state index in [-0.39, 0.29) is 17.0 Å². The lowest BCUT2D eigenvalue weighted by atomic mass is 10.2. The summed E-state index contributed by atoms with van der Waals surface area (Å²) in [5.41, 5.74) is 0. The summed E-state index contributed by atoms with van der Waals surface area (Å²) in [7, 11) is 1.86. The first-order valence-electron chi connectivity index (χ1n) is 5.83. The molecule has 0 aromatic carbocycles. The number of nitrogens with zero attached hydrogens (tertiary/aromatic N) is 2. The Morgan fingerprint density at radius 2 is 2.44 bits per heavy atom. The van der Waals surface area contributed by atoms with E-state index in [0.29, 0.717) is 4.88 Å². The smallest absolute Gasteiger partial charge is 0.324 e. The quantitative estimate of drug-likeness (QED) is 0.663. The summed E-state index contributed by atoms with van der Waals surface area (Å²) < 4.78 is 0. The van der Waals surface area contributed by atoms with E-state index in [1.54, 1.807) is 6.07 Å². The van der Waals surface area contributed by atoms with Crippen LogP contribution in [0, 0.1) is 10.1 Å². The molecule has 1 unspecified atom stereocenters. The monoisotopic (exact) mass is 269 g/mol. The number of likely N-dealkylation sites (tertiary alicyclic amines) is 1. The third-order valence-corrected chi connectivity index (χ3v) is 4.09. The van der Waals surface area contributed by atoms with Crippen LogP contribution < -0.4 is 5.32 Å². The fourth-order valence-corrected chi connectivity index (χ4v) is 3.01. The van der Waals surface area contributed by atoms with Crippen LogP contribution in [0.25, 0.3) is 0 Å². The first-order chi connectivity index (χ1) is 8.63. The minimum absolute atomic E-state index is 0.0164. The number of carbonyl (C=O) groups is 1. The lowest BCUT2D eigenvalue weighted by Gasteiger charge is -2.23. The molecule has 0 bridgehead atoms. The van der Waals surface area contributed by atoms with E-state index in [2.05, 4.69) is 5.32 Å². The number of nitrogens with one attached hydrogen (secondary N) is 1. The van der Waals surface area contributed by atoms with Crippen molar-refractivity contribution in [2.24, 2.45) is 0 Å². The second kappa shape index (κ2) is 5.45. The van der Waals surface area contributed by atoms with Crippen molar-refractivity contribution in [3.05, 3.63) is 27.1 Å². The number of thiophene rings is 1. The van der Waals surface area contributed by atoms with Gasteiger partial charge in [0, 0.05) is 25.2 Å². The van der Waals surface area contributed by atoms with Gasteiger partial charge in [-0.05, 0) is 26.0 Å². The Balaban J connectivity index is 2.12. The van der Waals surface area contributed by atoms with Crippen molar-refractivity contribution in [3.63, 3.8) is 0 Å². The van der Waals surface area contributed by atoms with Crippen LogP contribution in [-0.4, -0.2) is 41.9 Å². The van der Waals surface area contributed by atoms with Gasteiger partial charge in [-0.2, -0.15) is 0 Å². The molecule has 2 heterocycles. The van der Waals surface area contributed by atoms with Gasteiger partial charge in [0.15, 0.2) is 0 Å². The van der Waals surface area contributed by atoms with Crippen molar-refractivity contribution in [1.82, 2.24) is 10.2 Å². The average Bonchev–Trinajstić information content (AvgIpc) is 2.97. The van der Waals surface area contributed by atoms with Crippen LogP contribution in [0.4, 0.5) is 5.00 Å². The van der Waals surface area contributed by atoms with Crippen LogP contribution in [0.5, 0.6) is 0 Å². The number of hydrogen-bond donors (Lipinski definition) is 1. The van der Waals surface area contributed by atoms with E-state index in [0.717, 1.165) is 37.3 Å². The Bertz CT molecular complexity index is 460. The Kier molecular flexibility index (Phi) is 3.93. The fraction of sp³-hybridized carbons (Fsp3) is 0.545. The van der Waals surface area contributed by atoms with Crippen LogP contribution in [-0.2, 0) is 0 Å². The number of carbonyl (C=O) groups excluding carboxylic acids is 1. The molecule has 1 aliphatic rings. The molecule has 0 saturated carbocycles. The molecule has 6 nitrogen and oxygen atoms in total. The highest BCUT2D eigenvalue weighted by molar-refractivity contribution is 7.17. The van der Waals surface area contributed by atoms with Crippen molar-refractivity contribution in [2.75, 3.05) is 20.1 Å². The Labute approximate surface area is 109 Å². The van der Waals surface area contributed by atoms with E-state index in [1.807, 2.05) is 11.9 Å². The molecule has 1 fully saturated rings. The molecular weight excluding hydrogens is 254 g/mol. The molecule has 1 amide bonds. The molecule has 1 aromatic rings. The van der Waals surface area contributed by atoms with E-state index in [9.17, 15) is 14.9 Å². The number of rotatable bonds is 4. The molecule has 1 aliphatic heterocycles. The van der Waals surface area contributed by atoms with Gasteiger partial charge in [-0.1, -0.05) is 11.3 Å². The number of hydrogen-bond acceptors (Lipinski definition) is 5. The lowest BCUT2D eigenvalue weighted by Crippen LogP contribution is -2.40. The number of likely N-dealkylation sites (N-methyl/N-ethyl adjacent to an activating group) is 1. The number of amides is 1. The molecular formula is C11H15N3O3S. The topological polar surface area (TPSA) is 75.5 Å². The Morgan fingerprint density at radius 3 is 3.06 bits per heavy atom. The van der Waals surface area contributed by atoms with Crippen LogP contribution in [0.15, 0.2) is 12.1 Å². The zero-order valence-electron chi connectivity index (χ0n) is 10.1. The van der Waals surface area contributed by atoms with Gasteiger partial charge in [-0.3, -0.25) is 14.9 Å². The Morgan fingerprint density at radius 1 is 1.67 bits per heavy atom. The maximum atomic E-state index is 12.3. The highest BCUT2D eigenvalue weighted by atomic mass is 32.1. The van der Waals surface area contributed by atoms with Gasteiger partial charge in [-0.25, -0.2) is 0 Å². The Hall–Kier alpha value is -1.47. The normalized spacial score (nSPS) is 19.2. The van der Waals surface area contributed by atoms with Crippen LogP contribution in [0.1, 0.15) is 22.5 Å². The maximum Gasteiger partial charge on any atom is 0.324 e. The summed E-state index contributed by atoms with van der Waals surface area (Å²) >= 11 is 0.945. The van der Waals surface area contributed by atoms with Crippen LogP contribution in [0.3, 0.4) is 0 Å². The van der Waals surface area contributed by atoms with Gasteiger partial charge in [0.1, 0.15) is 0 Å². The second-order valence-electron chi connectivity index (χ2n) is 4.25. The van der Waals surface area contributed by atoms with Gasteiger partial charge in [0.25, 0.3) is 5.91 Å². The summed E-state index contributed by atoms with van der Waals surface area (Å²) in [6, 6.07) is 3.13. The number of nitro groups is 1. The molecule has 0 aliphatic carbocycles. The first kappa shape index (κ1) is 13.0. The summed E-state index contributed by atoms with van der Waals surface area (Å²) in [4.78, 5) is 24.7. The van der Waals surface area contributed by atoms with Crippen LogP contribution >= 0.6 is 11.3 Å². The zero-order chi connectivity index (χ0) is 13.1. The molecule has 0 spiro atoms. The molecule has 1 aromatic heterocycles. The minimum atomic E-state index is -0.462. The maximum absolute atomic E-state index is 12.3. The first-order valence-corrected chi connectivity index (χ1v) is 6.65. The van der Waals surface area contributed by atoms with E-state index in [1.165, 1.54) is 6.07 Å². The van der Waals surface area contributed by atoms with Gasteiger partial charge in [-0.15, -0.1) is 0 Å². The summed E-state index contributed by atoms with van der Waals surface area (Å²) in [6.45, 7) is 1.50. The van der Waals surface area contributed by atoms with Crippen molar-refractivity contribution in [3.8, 4) is 0 Å². The predicted molar refractivity (Wildman–Crippen MR) is 69.0 cm³/mol. The van der Waals surface area contributed by atoms with Crippen molar-refractivity contribution in [2.45, 2.75) is 18.9 Å². The SMILES string of the molecule is CNCC1CCCN1C(=O)c1ccc([N+](=O)[O-])s1. The van der Waals surface area contributed by atoms with Crippen molar-refractivity contribution >= 4 is 22.2 Å². The molecule has 0 radical (unpaired) electrons. The summed E-state index contributed by atoms with van der Waals surface area (Å²) in [5.74, 6) is -0.0918. The summed E-state index contributed by atoms with van der Waals surface area (Å²) in [5, 5.41) is 13.7. The van der Waals surface area contributed by atoms with Crippen molar-refractivity contribution < 1.29 is 9.72 Å². The van der Waals surface area contributed by atoms with E-state index >= 15 is 0 Å². The molecule has 1 saturated heterocycles. The molecule has 1 N–H and O–H groups in total. The van der Waals surface area contributed by atoms with Crippen LogP contribution in [0.2, 0.25) is 0 Å². The van der Waals surface area contributed by atoms with Crippen molar-refractivity contribution in [1.29, 1.82) is 0 Å². The predicted octanol–water partition coefficient (Wildman–Crippen LogP) is 1.48. The molecule has 7 heteroatoms. The average molecular weight is 269 g/mol.